The molecule has 1 heterocycles. The predicted molar refractivity (Wildman–Crippen MR) is 109 cm³/mol. The van der Waals surface area contributed by atoms with Gasteiger partial charge in [0.1, 0.15) is 5.54 Å². The quantitative estimate of drug-likeness (QED) is 0.787. The third-order valence-corrected chi connectivity index (χ3v) is 7.59. The van der Waals surface area contributed by atoms with Crippen LogP contribution in [0.15, 0.2) is 59.5 Å². The molecular formula is C21H21ClN2O4S. The summed E-state index contributed by atoms with van der Waals surface area (Å²) in [6.45, 7) is 2.03. The number of likely N-dealkylation sites (tertiary alicyclic amines) is 1. The van der Waals surface area contributed by atoms with Crippen LogP contribution in [0.2, 0.25) is 5.02 Å². The molecule has 1 atom stereocenters. The fourth-order valence-electron chi connectivity index (χ4n) is 3.79. The summed E-state index contributed by atoms with van der Waals surface area (Å²) in [6, 6.07) is 14.9. The van der Waals surface area contributed by atoms with E-state index in [0.717, 1.165) is 5.56 Å². The van der Waals surface area contributed by atoms with E-state index in [2.05, 4.69) is 4.72 Å². The summed E-state index contributed by atoms with van der Waals surface area (Å²) in [7, 11) is -4.00. The third-order valence-electron chi connectivity index (χ3n) is 5.99. The van der Waals surface area contributed by atoms with Crippen molar-refractivity contribution in [1.82, 2.24) is 9.62 Å². The maximum atomic E-state index is 13.3. The largest absolute Gasteiger partial charge is 0.327 e. The van der Waals surface area contributed by atoms with Crippen LogP contribution in [0.4, 0.5) is 0 Å². The molecule has 0 bridgehead atoms. The number of amides is 2. The first-order valence-electron chi connectivity index (χ1n) is 9.39. The number of nitrogens with zero attached hydrogens (tertiary/aromatic N) is 1. The zero-order valence-electron chi connectivity index (χ0n) is 15.9. The second-order valence-corrected chi connectivity index (χ2v) is 9.94. The smallest absolute Gasteiger partial charge is 0.264 e. The van der Waals surface area contributed by atoms with Gasteiger partial charge in [0.25, 0.3) is 15.9 Å². The number of sulfonamides is 1. The number of carbonyl (C=O) groups is 2. The van der Waals surface area contributed by atoms with Crippen LogP contribution >= 0.6 is 11.6 Å². The van der Waals surface area contributed by atoms with E-state index in [0.29, 0.717) is 30.8 Å². The first-order valence-corrected chi connectivity index (χ1v) is 11.3. The normalized spacial score (nSPS) is 22.5. The topological polar surface area (TPSA) is 83.6 Å². The molecule has 0 spiro atoms. The first kappa shape index (κ1) is 19.9. The lowest BCUT2D eigenvalue weighted by Crippen LogP contribution is -2.69. The molecule has 2 fully saturated rings. The number of benzene rings is 2. The number of halogens is 1. The summed E-state index contributed by atoms with van der Waals surface area (Å²) in [5.74, 6) is -0.825. The molecule has 1 aliphatic carbocycles. The highest BCUT2D eigenvalue weighted by atomic mass is 35.5. The van der Waals surface area contributed by atoms with Crippen LogP contribution < -0.4 is 4.72 Å². The van der Waals surface area contributed by atoms with Crippen molar-refractivity contribution in [1.29, 1.82) is 0 Å². The number of nitrogens with one attached hydrogen (secondary N) is 1. The highest BCUT2D eigenvalue weighted by Gasteiger charge is 2.60. The SMILES string of the molecule is CC1(C(=O)NS(=O)(=O)c2ccccc2)CCN1C(=O)C1(c2ccc(Cl)cc2)CC1. The maximum absolute atomic E-state index is 13.3. The summed E-state index contributed by atoms with van der Waals surface area (Å²) in [6.07, 6.45) is 1.81. The zero-order valence-corrected chi connectivity index (χ0v) is 17.5. The molecule has 1 N–H and O–H groups in total. The van der Waals surface area contributed by atoms with Crippen molar-refractivity contribution in [2.24, 2.45) is 0 Å². The molecule has 8 heteroatoms. The Balaban J connectivity index is 1.54. The Morgan fingerprint density at radius 3 is 2.14 bits per heavy atom. The van der Waals surface area contributed by atoms with Crippen LogP contribution in [-0.2, 0) is 25.0 Å². The Morgan fingerprint density at radius 2 is 1.62 bits per heavy atom. The summed E-state index contributed by atoms with van der Waals surface area (Å²) in [5.41, 5.74) is -0.968. The van der Waals surface area contributed by atoms with E-state index in [-0.39, 0.29) is 10.8 Å². The summed E-state index contributed by atoms with van der Waals surface area (Å²) in [5, 5.41) is 0.594. The monoisotopic (exact) mass is 432 g/mol. The van der Waals surface area contributed by atoms with Crippen molar-refractivity contribution in [2.45, 2.75) is 42.0 Å². The first-order chi connectivity index (χ1) is 13.7. The van der Waals surface area contributed by atoms with Crippen LogP contribution in [0.1, 0.15) is 31.7 Å². The fraction of sp³-hybridized carbons (Fsp3) is 0.333. The molecule has 4 rings (SSSR count). The molecular weight excluding hydrogens is 412 g/mol. The van der Waals surface area contributed by atoms with E-state index in [1.807, 2.05) is 12.1 Å². The molecule has 1 unspecified atom stereocenters. The fourth-order valence-corrected chi connectivity index (χ4v) is 5.01. The molecule has 0 radical (unpaired) electrons. The van der Waals surface area contributed by atoms with Gasteiger partial charge in [-0.1, -0.05) is 41.9 Å². The van der Waals surface area contributed by atoms with Crippen molar-refractivity contribution >= 4 is 33.4 Å². The Kier molecular flexibility index (Phi) is 4.70. The van der Waals surface area contributed by atoms with Crippen molar-refractivity contribution < 1.29 is 18.0 Å². The minimum atomic E-state index is -4.00. The van der Waals surface area contributed by atoms with Gasteiger partial charge < -0.3 is 4.90 Å². The standard InChI is InChI=1S/C21H21ClN2O4S/c1-20(18(25)23-29(27,28)17-5-3-2-4-6-17)13-14-24(20)19(26)21(11-12-21)15-7-9-16(22)10-8-15/h2-10H,11-14H2,1H3,(H,23,25). The average Bonchev–Trinajstić information content (AvgIpc) is 3.49. The van der Waals surface area contributed by atoms with Crippen molar-refractivity contribution in [3.63, 3.8) is 0 Å². The zero-order chi connectivity index (χ0) is 20.9. The van der Waals surface area contributed by atoms with E-state index in [4.69, 9.17) is 11.6 Å². The number of hydrogen-bond donors (Lipinski definition) is 1. The van der Waals surface area contributed by atoms with Gasteiger partial charge in [-0.2, -0.15) is 0 Å². The van der Waals surface area contributed by atoms with Gasteiger partial charge in [-0.3, -0.25) is 9.59 Å². The summed E-state index contributed by atoms with van der Waals surface area (Å²) in [4.78, 5) is 27.7. The molecule has 6 nitrogen and oxygen atoms in total. The lowest BCUT2D eigenvalue weighted by atomic mass is 9.82. The number of carbonyl (C=O) groups excluding carboxylic acids is 2. The van der Waals surface area contributed by atoms with Crippen LogP contribution in [0.5, 0.6) is 0 Å². The molecule has 1 saturated carbocycles. The molecule has 1 aliphatic heterocycles. The highest BCUT2D eigenvalue weighted by Crippen LogP contribution is 2.52. The molecule has 2 amide bonds. The van der Waals surface area contributed by atoms with Gasteiger partial charge >= 0.3 is 0 Å². The van der Waals surface area contributed by atoms with E-state index < -0.39 is 26.9 Å². The lowest BCUT2D eigenvalue weighted by molar-refractivity contribution is -0.158. The van der Waals surface area contributed by atoms with E-state index >= 15 is 0 Å². The van der Waals surface area contributed by atoms with Crippen molar-refractivity contribution in [3.8, 4) is 0 Å². The third kappa shape index (κ3) is 3.32. The van der Waals surface area contributed by atoms with Gasteiger partial charge in [-0.25, -0.2) is 13.1 Å². The minimum Gasteiger partial charge on any atom is -0.327 e. The van der Waals surface area contributed by atoms with E-state index in [1.54, 1.807) is 37.3 Å². The summed E-state index contributed by atoms with van der Waals surface area (Å²) < 4.78 is 27.2. The number of hydrogen-bond acceptors (Lipinski definition) is 4. The van der Waals surface area contributed by atoms with Crippen LogP contribution in [0.3, 0.4) is 0 Å². The molecule has 2 aromatic carbocycles. The van der Waals surface area contributed by atoms with Gasteiger partial charge in [-0.05, 0) is 56.0 Å². The van der Waals surface area contributed by atoms with Crippen LogP contribution in [0.25, 0.3) is 0 Å². The predicted octanol–water partition coefficient (Wildman–Crippen LogP) is 2.87. The summed E-state index contributed by atoms with van der Waals surface area (Å²) >= 11 is 5.96. The second-order valence-electron chi connectivity index (χ2n) is 7.82. The number of rotatable bonds is 5. The highest BCUT2D eigenvalue weighted by molar-refractivity contribution is 7.90. The van der Waals surface area contributed by atoms with Crippen molar-refractivity contribution in [3.05, 3.63) is 65.2 Å². The molecule has 0 aromatic heterocycles. The van der Waals surface area contributed by atoms with Crippen molar-refractivity contribution in [2.75, 3.05) is 6.54 Å². The van der Waals surface area contributed by atoms with Gasteiger partial charge in [0.2, 0.25) is 5.91 Å². The molecule has 152 valence electrons. The lowest BCUT2D eigenvalue weighted by Gasteiger charge is -2.50. The van der Waals surface area contributed by atoms with E-state index in [9.17, 15) is 18.0 Å². The van der Waals surface area contributed by atoms with Gasteiger partial charge in [0.05, 0.1) is 10.3 Å². The van der Waals surface area contributed by atoms with Crippen LogP contribution in [0, 0.1) is 0 Å². The van der Waals surface area contributed by atoms with E-state index in [1.165, 1.54) is 17.0 Å². The van der Waals surface area contributed by atoms with Gasteiger partial charge in [0, 0.05) is 11.6 Å². The second kappa shape index (κ2) is 6.85. The average molecular weight is 433 g/mol. The Bertz CT molecular complexity index is 1070. The Labute approximate surface area is 174 Å². The molecule has 29 heavy (non-hydrogen) atoms. The maximum Gasteiger partial charge on any atom is 0.264 e. The molecule has 2 aromatic rings. The molecule has 1 saturated heterocycles. The van der Waals surface area contributed by atoms with Gasteiger partial charge in [0.15, 0.2) is 0 Å². The van der Waals surface area contributed by atoms with Gasteiger partial charge in [-0.15, -0.1) is 0 Å². The van der Waals surface area contributed by atoms with Crippen LogP contribution in [-0.4, -0.2) is 37.2 Å². The molecule has 2 aliphatic rings. The Hall–Kier alpha value is -2.38. The minimum absolute atomic E-state index is 0.00831. The Morgan fingerprint density at radius 1 is 1.00 bits per heavy atom.